The lowest BCUT2D eigenvalue weighted by atomic mass is 10.1. The average Bonchev–Trinajstić information content (AvgIpc) is 2.54. The van der Waals surface area contributed by atoms with Crippen molar-refractivity contribution in [3.05, 3.63) is 46.9 Å². The molecule has 1 aromatic heterocycles. The van der Waals surface area contributed by atoms with Crippen LogP contribution in [0.4, 0.5) is 5.69 Å². The van der Waals surface area contributed by atoms with E-state index >= 15 is 0 Å². The Labute approximate surface area is 143 Å². The van der Waals surface area contributed by atoms with Gasteiger partial charge in [-0.25, -0.2) is 13.4 Å². The fraction of sp³-hybridized carbons (Fsp3) is 0.267. The number of carbonyl (C=O) groups excluding carboxylic acids is 1. The second kappa shape index (κ2) is 6.40. The van der Waals surface area contributed by atoms with E-state index < -0.39 is 9.84 Å². The zero-order valence-corrected chi connectivity index (χ0v) is 14.4. The molecule has 1 N–H and O–H groups in total. The normalized spacial score (nSPS) is 17.1. The van der Waals surface area contributed by atoms with Crippen LogP contribution in [0, 0.1) is 5.92 Å². The van der Waals surface area contributed by atoms with Gasteiger partial charge in [0.05, 0.1) is 10.8 Å². The summed E-state index contributed by atoms with van der Waals surface area (Å²) in [6, 6.07) is 7.36. The van der Waals surface area contributed by atoms with Crippen LogP contribution in [0.25, 0.3) is 0 Å². The maximum Gasteiger partial charge on any atom is 0.254 e. The Bertz CT molecular complexity index is 936. The summed E-state index contributed by atoms with van der Waals surface area (Å²) in [4.78, 5) is 28.6. The van der Waals surface area contributed by atoms with E-state index in [1.807, 2.05) is 0 Å². The summed E-state index contributed by atoms with van der Waals surface area (Å²) in [5, 5.41) is 3.37. The second-order valence-electron chi connectivity index (χ2n) is 5.47. The molecule has 126 valence electrons. The van der Waals surface area contributed by atoms with E-state index in [1.165, 1.54) is 40.7 Å². The molecular weight excluding hydrogens is 350 g/mol. The van der Waals surface area contributed by atoms with Gasteiger partial charge in [0, 0.05) is 36.5 Å². The van der Waals surface area contributed by atoms with E-state index in [9.17, 15) is 18.0 Å². The molecule has 1 aromatic carbocycles. The summed E-state index contributed by atoms with van der Waals surface area (Å²) in [7, 11) is -3.27. The highest BCUT2D eigenvalue weighted by molar-refractivity contribution is 7.99. The molecule has 0 aliphatic carbocycles. The van der Waals surface area contributed by atoms with Crippen molar-refractivity contribution in [1.29, 1.82) is 0 Å². The van der Waals surface area contributed by atoms with Crippen LogP contribution in [-0.2, 0) is 21.2 Å². The molecule has 24 heavy (non-hydrogen) atoms. The number of nitrogens with one attached hydrogen (secondary N) is 1. The third-order valence-electron chi connectivity index (χ3n) is 3.64. The van der Waals surface area contributed by atoms with E-state index in [1.54, 1.807) is 12.1 Å². The fourth-order valence-electron chi connectivity index (χ4n) is 2.34. The first-order chi connectivity index (χ1) is 11.3. The number of carbonyl (C=O) groups is 1. The monoisotopic (exact) mass is 365 g/mol. The van der Waals surface area contributed by atoms with Gasteiger partial charge in [-0.1, -0.05) is 11.8 Å². The van der Waals surface area contributed by atoms with Crippen molar-refractivity contribution < 1.29 is 13.2 Å². The van der Waals surface area contributed by atoms with Gasteiger partial charge < -0.3 is 5.32 Å². The topological polar surface area (TPSA) is 98.1 Å². The Morgan fingerprint density at radius 1 is 1.29 bits per heavy atom. The molecule has 3 rings (SSSR count). The zero-order valence-electron chi connectivity index (χ0n) is 12.8. The highest BCUT2D eigenvalue weighted by atomic mass is 32.2. The molecule has 2 heterocycles. The van der Waals surface area contributed by atoms with Crippen molar-refractivity contribution in [2.45, 2.75) is 16.6 Å². The minimum Gasteiger partial charge on any atom is -0.326 e. The van der Waals surface area contributed by atoms with Crippen LogP contribution in [0.2, 0.25) is 0 Å². The molecule has 0 radical (unpaired) electrons. The van der Waals surface area contributed by atoms with Crippen molar-refractivity contribution in [3.63, 3.8) is 0 Å². The van der Waals surface area contributed by atoms with Gasteiger partial charge in [-0.05, 0) is 24.3 Å². The minimum atomic E-state index is -3.27. The molecule has 1 aliphatic heterocycles. The summed E-state index contributed by atoms with van der Waals surface area (Å²) in [6.07, 6.45) is 2.59. The summed E-state index contributed by atoms with van der Waals surface area (Å²) in [6.45, 7) is 0.280. The number of hydrogen-bond donors (Lipinski definition) is 1. The number of fused-ring (bicyclic) bond motifs is 1. The number of rotatable bonds is 3. The molecule has 1 amide bonds. The van der Waals surface area contributed by atoms with E-state index in [2.05, 4.69) is 10.3 Å². The first-order valence-corrected chi connectivity index (χ1v) is 10.0. The summed E-state index contributed by atoms with van der Waals surface area (Å²) in [5.74, 6) is -0.0426. The SMILES string of the molecule is CS(=O)(=O)c1ccc(NC(=O)C2CSc3nccc(=O)n3C2)cc1. The van der Waals surface area contributed by atoms with Gasteiger partial charge in [0.15, 0.2) is 15.0 Å². The van der Waals surface area contributed by atoms with E-state index in [0.717, 1.165) is 6.26 Å². The van der Waals surface area contributed by atoms with Gasteiger partial charge >= 0.3 is 0 Å². The molecule has 1 aliphatic rings. The zero-order chi connectivity index (χ0) is 17.3. The van der Waals surface area contributed by atoms with Crippen LogP contribution in [-0.4, -0.2) is 35.9 Å². The summed E-state index contributed by atoms with van der Waals surface area (Å²) in [5.41, 5.74) is 0.337. The van der Waals surface area contributed by atoms with Crippen LogP contribution in [0.5, 0.6) is 0 Å². The Kier molecular flexibility index (Phi) is 4.46. The van der Waals surface area contributed by atoms with Crippen LogP contribution >= 0.6 is 11.8 Å². The lowest BCUT2D eigenvalue weighted by Gasteiger charge is -2.23. The van der Waals surface area contributed by atoms with Gasteiger partial charge in [0.2, 0.25) is 5.91 Å². The van der Waals surface area contributed by atoms with Crippen molar-refractivity contribution >= 4 is 33.2 Å². The quantitative estimate of drug-likeness (QED) is 0.815. The van der Waals surface area contributed by atoms with Crippen molar-refractivity contribution in [2.75, 3.05) is 17.3 Å². The van der Waals surface area contributed by atoms with Gasteiger partial charge in [-0.2, -0.15) is 0 Å². The second-order valence-corrected chi connectivity index (χ2v) is 8.47. The molecule has 9 heteroatoms. The largest absolute Gasteiger partial charge is 0.326 e. The molecule has 0 fully saturated rings. The third-order valence-corrected chi connectivity index (χ3v) is 5.92. The average molecular weight is 365 g/mol. The molecule has 1 atom stereocenters. The fourth-order valence-corrected chi connectivity index (χ4v) is 4.03. The molecule has 0 bridgehead atoms. The van der Waals surface area contributed by atoms with Gasteiger partial charge in [-0.15, -0.1) is 0 Å². The Hall–Kier alpha value is -2.13. The molecule has 7 nitrogen and oxygen atoms in total. The standard InChI is InChI=1S/C15H15N3O4S2/c1-24(21,22)12-4-2-11(3-5-12)17-14(20)10-8-18-13(19)6-7-16-15(18)23-9-10/h2-7,10H,8-9H2,1H3,(H,17,20). The highest BCUT2D eigenvalue weighted by Crippen LogP contribution is 2.25. The molecule has 0 spiro atoms. The maximum absolute atomic E-state index is 12.4. The summed E-state index contributed by atoms with van der Waals surface area (Å²) >= 11 is 1.37. The molecule has 0 saturated heterocycles. The van der Waals surface area contributed by atoms with Gasteiger partial charge in [0.25, 0.3) is 5.56 Å². The van der Waals surface area contributed by atoms with Crippen molar-refractivity contribution in [2.24, 2.45) is 5.92 Å². The first-order valence-electron chi connectivity index (χ1n) is 7.14. The van der Waals surface area contributed by atoms with Crippen LogP contribution in [0.3, 0.4) is 0 Å². The number of nitrogens with zero attached hydrogens (tertiary/aromatic N) is 2. The Morgan fingerprint density at radius 2 is 2.00 bits per heavy atom. The van der Waals surface area contributed by atoms with E-state index in [4.69, 9.17) is 0 Å². The molecular formula is C15H15N3O4S2. The van der Waals surface area contributed by atoms with Crippen LogP contribution < -0.4 is 10.9 Å². The first kappa shape index (κ1) is 16.7. The van der Waals surface area contributed by atoms with Gasteiger partial charge in [0.1, 0.15) is 0 Å². The van der Waals surface area contributed by atoms with Crippen molar-refractivity contribution in [3.8, 4) is 0 Å². The molecule has 0 saturated carbocycles. The maximum atomic E-state index is 12.4. The van der Waals surface area contributed by atoms with E-state index in [-0.39, 0.29) is 28.8 Å². The number of sulfone groups is 1. The van der Waals surface area contributed by atoms with E-state index in [0.29, 0.717) is 16.6 Å². The lowest BCUT2D eigenvalue weighted by molar-refractivity contribution is -0.119. The lowest BCUT2D eigenvalue weighted by Crippen LogP contribution is -2.36. The smallest absolute Gasteiger partial charge is 0.254 e. The number of aromatic nitrogens is 2. The number of benzene rings is 1. The predicted molar refractivity (Wildman–Crippen MR) is 90.9 cm³/mol. The number of anilines is 1. The number of thioether (sulfide) groups is 1. The Morgan fingerprint density at radius 3 is 2.67 bits per heavy atom. The minimum absolute atomic E-state index is 0.178. The molecule has 1 unspecified atom stereocenters. The Balaban J connectivity index is 1.72. The predicted octanol–water partition coefficient (Wildman–Crippen LogP) is 1.01. The third kappa shape index (κ3) is 3.51. The van der Waals surface area contributed by atoms with Crippen LogP contribution in [0.15, 0.2) is 51.4 Å². The van der Waals surface area contributed by atoms with Crippen molar-refractivity contribution in [1.82, 2.24) is 9.55 Å². The number of amides is 1. The molecule has 2 aromatic rings. The van der Waals surface area contributed by atoms with Crippen LogP contribution in [0.1, 0.15) is 0 Å². The number of hydrogen-bond acceptors (Lipinski definition) is 6. The van der Waals surface area contributed by atoms with Gasteiger partial charge in [-0.3, -0.25) is 14.2 Å². The highest BCUT2D eigenvalue weighted by Gasteiger charge is 2.26. The summed E-state index contributed by atoms with van der Waals surface area (Å²) < 4.78 is 24.4.